The Labute approximate surface area is 137 Å². The van der Waals surface area contributed by atoms with Crippen molar-refractivity contribution in [1.82, 2.24) is 4.90 Å². The lowest BCUT2D eigenvalue weighted by molar-refractivity contribution is -0.138. The Bertz CT molecular complexity index is 573. The molecule has 0 spiro atoms. The zero-order valence-corrected chi connectivity index (χ0v) is 13.7. The fraction of sp³-hybridized carbons (Fsp3) is 0.556. The van der Waals surface area contributed by atoms with Gasteiger partial charge in [0.1, 0.15) is 0 Å². The van der Waals surface area contributed by atoms with Crippen molar-refractivity contribution < 1.29 is 14.3 Å². The number of carbonyl (C=O) groups is 2. The summed E-state index contributed by atoms with van der Waals surface area (Å²) in [6, 6.07) is 7.74. The minimum Gasteiger partial charge on any atom is -0.381 e. The predicted octanol–water partition coefficient (Wildman–Crippen LogP) is 1.96. The van der Waals surface area contributed by atoms with Gasteiger partial charge in [0.25, 0.3) is 0 Å². The molecule has 1 aromatic carbocycles. The number of hydrogen-bond acceptors (Lipinski definition) is 4. The third-order valence-corrected chi connectivity index (χ3v) is 4.78. The minimum atomic E-state index is 0.0835. The summed E-state index contributed by atoms with van der Waals surface area (Å²) in [4.78, 5) is 28.3. The van der Waals surface area contributed by atoms with Crippen LogP contribution in [0.3, 0.4) is 0 Å². The zero-order chi connectivity index (χ0) is 16.2. The number of carbonyl (C=O) groups excluding carboxylic acids is 2. The van der Waals surface area contributed by atoms with Gasteiger partial charge in [0.15, 0.2) is 5.78 Å². The lowest BCUT2D eigenvalue weighted by Crippen LogP contribution is -2.51. The van der Waals surface area contributed by atoms with Gasteiger partial charge in [-0.05, 0) is 31.9 Å². The molecule has 0 N–H and O–H groups in total. The lowest BCUT2D eigenvalue weighted by atomic mass is 9.98. The van der Waals surface area contributed by atoms with E-state index in [4.69, 9.17) is 4.74 Å². The predicted molar refractivity (Wildman–Crippen MR) is 88.8 cm³/mol. The van der Waals surface area contributed by atoms with Crippen molar-refractivity contribution in [3.63, 3.8) is 0 Å². The second-order valence-electron chi connectivity index (χ2n) is 6.31. The smallest absolute Gasteiger partial charge is 0.225 e. The van der Waals surface area contributed by atoms with Crippen molar-refractivity contribution in [2.24, 2.45) is 5.92 Å². The summed E-state index contributed by atoms with van der Waals surface area (Å²) in [5.41, 5.74) is 1.80. The van der Waals surface area contributed by atoms with Crippen molar-refractivity contribution in [2.75, 3.05) is 44.3 Å². The number of rotatable bonds is 3. The van der Waals surface area contributed by atoms with Crippen LogP contribution in [-0.2, 0) is 9.53 Å². The molecule has 2 aliphatic rings. The van der Waals surface area contributed by atoms with E-state index in [0.29, 0.717) is 13.2 Å². The topological polar surface area (TPSA) is 49.9 Å². The maximum atomic E-state index is 12.5. The van der Waals surface area contributed by atoms with Crippen LogP contribution in [0.15, 0.2) is 24.3 Å². The Hall–Kier alpha value is -1.88. The molecule has 1 amide bonds. The standard InChI is InChI=1S/C18H24N2O3/c1-14(21)16-3-2-4-17(13-16)19-7-9-20(10-8-19)18(22)15-5-11-23-12-6-15/h2-4,13,15H,5-12H2,1H3. The van der Waals surface area contributed by atoms with Crippen LogP contribution in [0.4, 0.5) is 5.69 Å². The molecule has 2 aliphatic heterocycles. The largest absolute Gasteiger partial charge is 0.381 e. The Balaban J connectivity index is 1.58. The van der Waals surface area contributed by atoms with E-state index in [9.17, 15) is 9.59 Å². The molecule has 5 nitrogen and oxygen atoms in total. The van der Waals surface area contributed by atoms with Gasteiger partial charge in [-0.15, -0.1) is 0 Å². The van der Waals surface area contributed by atoms with Crippen LogP contribution in [0.5, 0.6) is 0 Å². The molecule has 0 saturated carbocycles. The van der Waals surface area contributed by atoms with Gasteiger partial charge in [-0.3, -0.25) is 9.59 Å². The molecule has 5 heteroatoms. The van der Waals surface area contributed by atoms with Crippen LogP contribution >= 0.6 is 0 Å². The summed E-state index contributed by atoms with van der Waals surface area (Å²) >= 11 is 0. The Morgan fingerprint density at radius 3 is 2.43 bits per heavy atom. The summed E-state index contributed by atoms with van der Waals surface area (Å²) in [5.74, 6) is 0.502. The minimum absolute atomic E-state index is 0.0835. The number of ether oxygens (including phenoxy) is 1. The van der Waals surface area contributed by atoms with Gasteiger partial charge in [-0.25, -0.2) is 0 Å². The number of amides is 1. The van der Waals surface area contributed by atoms with E-state index in [-0.39, 0.29) is 17.6 Å². The summed E-state index contributed by atoms with van der Waals surface area (Å²) in [5, 5.41) is 0. The fourth-order valence-corrected chi connectivity index (χ4v) is 3.31. The Kier molecular flexibility index (Phi) is 4.96. The van der Waals surface area contributed by atoms with Gasteiger partial charge in [0.2, 0.25) is 5.91 Å². The molecule has 2 saturated heterocycles. The number of benzene rings is 1. The van der Waals surface area contributed by atoms with E-state index in [0.717, 1.165) is 50.3 Å². The van der Waals surface area contributed by atoms with Gasteiger partial charge < -0.3 is 14.5 Å². The van der Waals surface area contributed by atoms with Crippen molar-refractivity contribution in [3.05, 3.63) is 29.8 Å². The second kappa shape index (κ2) is 7.13. The van der Waals surface area contributed by atoms with Crippen LogP contribution in [0.25, 0.3) is 0 Å². The molecule has 0 aromatic heterocycles. The SMILES string of the molecule is CC(=O)c1cccc(N2CCN(C(=O)C3CCOCC3)CC2)c1. The van der Waals surface area contributed by atoms with Crippen LogP contribution < -0.4 is 4.90 Å². The van der Waals surface area contributed by atoms with Crippen molar-refractivity contribution in [3.8, 4) is 0 Å². The number of nitrogens with zero attached hydrogens (tertiary/aromatic N) is 2. The molecule has 0 bridgehead atoms. The highest BCUT2D eigenvalue weighted by atomic mass is 16.5. The number of Topliss-reactive ketones (excluding diaryl/α,β-unsaturated/α-hetero) is 1. The van der Waals surface area contributed by atoms with E-state index >= 15 is 0 Å². The summed E-state index contributed by atoms with van der Waals surface area (Å²) in [6.07, 6.45) is 1.69. The average molecular weight is 316 g/mol. The number of ketones is 1. The first-order valence-electron chi connectivity index (χ1n) is 8.37. The highest BCUT2D eigenvalue weighted by molar-refractivity contribution is 5.95. The first-order chi connectivity index (χ1) is 11.1. The summed E-state index contributed by atoms with van der Waals surface area (Å²) in [6.45, 7) is 6.12. The molecule has 124 valence electrons. The van der Waals surface area contributed by atoms with Crippen molar-refractivity contribution in [1.29, 1.82) is 0 Å². The zero-order valence-electron chi connectivity index (χ0n) is 13.7. The van der Waals surface area contributed by atoms with Gasteiger partial charge in [-0.1, -0.05) is 12.1 Å². The van der Waals surface area contributed by atoms with Gasteiger partial charge in [0, 0.05) is 56.6 Å². The van der Waals surface area contributed by atoms with Crippen LogP contribution in [-0.4, -0.2) is 56.0 Å². The van der Waals surface area contributed by atoms with Gasteiger partial charge >= 0.3 is 0 Å². The number of piperazine rings is 1. The fourth-order valence-electron chi connectivity index (χ4n) is 3.31. The molecule has 23 heavy (non-hydrogen) atoms. The summed E-state index contributed by atoms with van der Waals surface area (Å²) in [7, 11) is 0. The molecular weight excluding hydrogens is 292 g/mol. The maximum absolute atomic E-state index is 12.5. The average Bonchev–Trinajstić information content (AvgIpc) is 2.62. The van der Waals surface area contributed by atoms with Crippen molar-refractivity contribution in [2.45, 2.75) is 19.8 Å². The molecule has 0 radical (unpaired) electrons. The molecule has 0 unspecified atom stereocenters. The first kappa shape index (κ1) is 16.0. The monoisotopic (exact) mass is 316 g/mol. The van der Waals surface area contributed by atoms with E-state index < -0.39 is 0 Å². The van der Waals surface area contributed by atoms with Gasteiger partial charge in [0.05, 0.1) is 0 Å². The van der Waals surface area contributed by atoms with E-state index in [1.54, 1.807) is 6.92 Å². The normalized spacial score (nSPS) is 19.7. The molecule has 2 fully saturated rings. The maximum Gasteiger partial charge on any atom is 0.225 e. The quantitative estimate of drug-likeness (QED) is 0.800. The van der Waals surface area contributed by atoms with Crippen LogP contribution in [0.2, 0.25) is 0 Å². The number of anilines is 1. The second-order valence-corrected chi connectivity index (χ2v) is 6.31. The molecular formula is C18H24N2O3. The number of hydrogen-bond donors (Lipinski definition) is 0. The van der Waals surface area contributed by atoms with Crippen molar-refractivity contribution >= 4 is 17.4 Å². The third kappa shape index (κ3) is 3.72. The van der Waals surface area contributed by atoms with Crippen LogP contribution in [0.1, 0.15) is 30.1 Å². The molecule has 2 heterocycles. The molecule has 0 aliphatic carbocycles. The van der Waals surface area contributed by atoms with E-state index in [1.165, 1.54) is 0 Å². The lowest BCUT2D eigenvalue weighted by Gasteiger charge is -2.38. The van der Waals surface area contributed by atoms with E-state index in [2.05, 4.69) is 4.90 Å². The van der Waals surface area contributed by atoms with E-state index in [1.807, 2.05) is 29.2 Å². The third-order valence-electron chi connectivity index (χ3n) is 4.78. The Morgan fingerprint density at radius 1 is 1.09 bits per heavy atom. The van der Waals surface area contributed by atoms with Gasteiger partial charge in [-0.2, -0.15) is 0 Å². The molecule has 1 aromatic rings. The first-order valence-corrected chi connectivity index (χ1v) is 8.37. The molecule has 3 rings (SSSR count). The highest BCUT2D eigenvalue weighted by Gasteiger charge is 2.28. The Morgan fingerprint density at radius 2 is 1.78 bits per heavy atom. The highest BCUT2D eigenvalue weighted by Crippen LogP contribution is 2.21. The van der Waals surface area contributed by atoms with Crippen LogP contribution in [0, 0.1) is 5.92 Å². The molecule has 0 atom stereocenters. The summed E-state index contributed by atoms with van der Waals surface area (Å²) < 4.78 is 5.34.